The zero-order valence-corrected chi connectivity index (χ0v) is 60.8. The maximum absolute atomic E-state index is 2.58. The minimum atomic E-state index is -0.341. The molecule has 4 aliphatic heterocycles. The zero-order valence-electron chi connectivity index (χ0n) is 60.8. The van der Waals surface area contributed by atoms with Crippen molar-refractivity contribution < 1.29 is 0 Å². The van der Waals surface area contributed by atoms with Crippen LogP contribution in [0.3, 0.4) is 0 Å². The zero-order chi connectivity index (χ0) is 71.0. The van der Waals surface area contributed by atoms with Crippen LogP contribution in [0.2, 0.25) is 0 Å². The molecule has 0 aliphatic carbocycles. The van der Waals surface area contributed by atoms with Gasteiger partial charge in [-0.1, -0.05) is 243 Å². The lowest BCUT2D eigenvalue weighted by molar-refractivity contribution is 0.560. The molecule has 15 aromatic carbocycles. The van der Waals surface area contributed by atoms with Gasteiger partial charge in [0, 0.05) is 81.2 Å². The van der Waals surface area contributed by atoms with E-state index in [-0.39, 0.29) is 21.7 Å². The van der Waals surface area contributed by atoms with Gasteiger partial charge in [0.2, 0.25) is 0 Å². The number of fused-ring (bicyclic) bond motifs is 23. The molecule has 0 bridgehead atoms. The number of rotatable bonds is 6. The van der Waals surface area contributed by atoms with Crippen molar-refractivity contribution in [1.82, 2.24) is 22.8 Å². The molecule has 4 aliphatic rings. The lowest BCUT2D eigenvalue weighted by Crippen LogP contribution is -2.32. The van der Waals surface area contributed by atoms with Gasteiger partial charge in [0.05, 0.1) is 77.9 Å². The summed E-state index contributed by atoms with van der Waals surface area (Å²) in [6, 6.07) is 117. The van der Waals surface area contributed by atoms with Crippen LogP contribution in [0.15, 0.2) is 303 Å². The highest BCUT2D eigenvalue weighted by Crippen LogP contribution is 2.55. The number of para-hydroxylation sites is 8. The second-order valence-corrected chi connectivity index (χ2v) is 33.0. The normalized spacial score (nSPS) is 16.1. The first-order valence-corrected chi connectivity index (χ1v) is 38.1. The van der Waals surface area contributed by atoms with Crippen LogP contribution in [0.4, 0.5) is 0 Å². The number of benzene rings is 15. The van der Waals surface area contributed by atoms with E-state index in [1.54, 1.807) is 0 Å². The summed E-state index contributed by atoms with van der Waals surface area (Å²) in [4.78, 5) is 0. The van der Waals surface area contributed by atoms with Gasteiger partial charge in [-0.2, -0.15) is 0 Å². The minimum absolute atomic E-state index is 0.114. The van der Waals surface area contributed by atoms with Gasteiger partial charge in [0.25, 0.3) is 0 Å². The first kappa shape index (κ1) is 59.7. The lowest BCUT2D eigenvalue weighted by Gasteiger charge is -2.38. The molecule has 5 nitrogen and oxygen atoms in total. The fraction of sp³-hybridized carbons (Fsp3) is 0.118. The van der Waals surface area contributed by atoms with E-state index >= 15 is 0 Å². The van der Waals surface area contributed by atoms with Crippen molar-refractivity contribution >= 4 is 109 Å². The molecule has 0 saturated heterocycles. The third-order valence-electron chi connectivity index (χ3n) is 26.5. The molecule has 0 amide bonds. The molecule has 1 unspecified atom stereocenters. The Bertz CT molecular complexity index is 7450. The maximum atomic E-state index is 2.58. The largest absolute Gasteiger partial charge is 0.309 e. The fourth-order valence-electron chi connectivity index (χ4n) is 21.3. The van der Waals surface area contributed by atoms with Crippen molar-refractivity contribution in [2.75, 3.05) is 0 Å². The topological polar surface area (TPSA) is 24.6 Å². The van der Waals surface area contributed by atoms with E-state index < -0.39 is 0 Å². The average molecular weight is 1370 g/mol. The number of aromatic nitrogens is 5. The molecule has 0 N–H and O–H groups in total. The second kappa shape index (κ2) is 20.4. The monoisotopic (exact) mass is 1370 g/mol. The molecule has 5 heteroatoms. The molecule has 1 atom stereocenters. The molecule has 0 spiro atoms. The van der Waals surface area contributed by atoms with Crippen LogP contribution < -0.4 is 0 Å². The van der Waals surface area contributed by atoms with E-state index in [9.17, 15) is 0 Å². The molecular weight excluding hydrogens is 1300 g/mol. The van der Waals surface area contributed by atoms with E-state index in [2.05, 4.69) is 375 Å². The average Bonchev–Trinajstić information content (AvgIpc) is 1.58. The van der Waals surface area contributed by atoms with E-state index in [0.29, 0.717) is 0 Å². The van der Waals surface area contributed by atoms with E-state index in [1.165, 1.54) is 215 Å². The molecule has 506 valence electrons. The molecule has 107 heavy (non-hydrogen) atoms. The summed E-state index contributed by atoms with van der Waals surface area (Å²) >= 11 is 0. The SMILES string of the molecule is CC1(C)c2ccccc2-n2c3ccc(-c4ccc5c(c4)c4cc(-c6ccc7c(c6)c6cccc8c6n7-c6ccccc6C8(C)Cc6ccc(-n7c8ccccc8c8ccc(-c9ccc%10c(c9)c9cccc%11c9n%10-c9ccccc9C%11(C)C)cc87)cc6)cc6c4n5-c4ccccc4C6(C)C)cc3c3cccc1c32. The highest BCUT2D eigenvalue weighted by Gasteiger charge is 2.42. The third-order valence-corrected chi connectivity index (χ3v) is 26.5. The van der Waals surface area contributed by atoms with Gasteiger partial charge in [0.15, 0.2) is 0 Å². The Morgan fingerprint density at radius 3 is 1.05 bits per heavy atom. The van der Waals surface area contributed by atoms with Gasteiger partial charge in [-0.05, 0) is 199 Å². The molecule has 9 heterocycles. The summed E-state index contributed by atoms with van der Waals surface area (Å²) < 4.78 is 12.7. The fourth-order valence-corrected chi connectivity index (χ4v) is 21.3. The summed E-state index contributed by atoms with van der Waals surface area (Å²) in [7, 11) is 0. The van der Waals surface area contributed by atoms with Gasteiger partial charge >= 0.3 is 0 Å². The van der Waals surface area contributed by atoms with Crippen LogP contribution >= 0.6 is 0 Å². The second-order valence-electron chi connectivity index (χ2n) is 33.0. The van der Waals surface area contributed by atoms with Crippen molar-refractivity contribution in [2.24, 2.45) is 0 Å². The van der Waals surface area contributed by atoms with Crippen molar-refractivity contribution in [3.05, 3.63) is 353 Å². The smallest absolute Gasteiger partial charge is 0.0582 e. The summed E-state index contributed by atoms with van der Waals surface area (Å²) in [5, 5.41) is 12.8. The summed E-state index contributed by atoms with van der Waals surface area (Å²) in [5.41, 5.74) is 37.4. The van der Waals surface area contributed by atoms with Crippen LogP contribution in [-0.2, 0) is 28.1 Å². The molecule has 0 fully saturated rings. The molecule has 0 radical (unpaired) electrons. The molecule has 0 saturated carbocycles. The first-order chi connectivity index (χ1) is 52.2. The van der Waals surface area contributed by atoms with Crippen LogP contribution in [0.5, 0.6) is 0 Å². The minimum Gasteiger partial charge on any atom is -0.309 e. The Labute approximate surface area is 619 Å². The van der Waals surface area contributed by atoms with Crippen molar-refractivity contribution in [2.45, 2.75) is 76.5 Å². The molecule has 20 aromatic rings. The summed E-state index contributed by atoms with van der Waals surface area (Å²) in [6.07, 6.45) is 0.835. The van der Waals surface area contributed by atoms with Crippen molar-refractivity contribution in [3.63, 3.8) is 0 Å². The predicted octanol–water partition coefficient (Wildman–Crippen LogP) is 26.0. The maximum Gasteiger partial charge on any atom is 0.0582 e. The molecule has 24 rings (SSSR count). The molecule has 5 aromatic heterocycles. The van der Waals surface area contributed by atoms with Crippen LogP contribution in [0.1, 0.15) is 98.5 Å². The Morgan fingerprint density at radius 1 is 0.206 bits per heavy atom. The summed E-state index contributed by atoms with van der Waals surface area (Å²) in [6.45, 7) is 16.9. The Kier molecular flexibility index (Phi) is 11.4. The van der Waals surface area contributed by atoms with E-state index in [1.807, 2.05) is 0 Å². The first-order valence-electron chi connectivity index (χ1n) is 38.1. The van der Waals surface area contributed by atoms with Gasteiger partial charge in [0.1, 0.15) is 0 Å². The van der Waals surface area contributed by atoms with Gasteiger partial charge < -0.3 is 22.8 Å². The standard InChI is InChI=1S/C102H73N5/c1-99(2)77-25-9-14-33-90(77)104-86-47-40-60(51-72(86)69-22-18-29-81(99)95(69)104)61-41-49-89-75(53-61)76-55-65(56-84-98(76)106(89)92-35-16-11-27-79(92)101(84,5)6)63-43-50-88-74(54-63)71-24-20-31-83-97(71)107(88)93-36-17-12-28-80(93)102(83,7)58-59-37-44-66(45-38-59)103-85-32-13-8-21-67(85)68-46-39-64(57-94(68)103)62-42-48-87-73(52-62)70-23-19-30-82-96(70)105(87)91-34-15-10-26-78(91)100(82,3)4/h8-57H,58H2,1-7H3. The van der Waals surface area contributed by atoms with E-state index in [0.717, 1.165) is 12.1 Å². The highest BCUT2D eigenvalue weighted by molar-refractivity contribution is 6.19. The van der Waals surface area contributed by atoms with Crippen molar-refractivity contribution in [3.8, 4) is 61.8 Å². The van der Waals surface area contributed by atoms with Crippen LogP contribution in [-0.4, -0.2) is 22.8 Å². The molecular formula is C102H73N5. The van der Waals surface area contributed by atoms with Crippen molar-refractivity contribution in [1.29, 1.82) is 0 Å². The van der Waals surface area contributed by atoms with Crippen LogP contribution in [0.25, 0.3) is 171 Å². The number of hydrogen-bond donors (Lipinski definition) is 0. The third kappa shape index (κ3) is 7.58. The highest BCUT2D eigenvalue weighted by atomic mass is 15.0. The van der Waals surface area contributed by atoms with E-state index in [4.69, 9.17) is 0 Å². The Morgan fingerprint density at radius 2 is 0.542 bits per heavy atom. The Balaban J connectivity index is 0.610. The number of hydrogen-bond acceptors (Lipinski definition) is 0. The lowest BCUT2D eigenvalue weighted by atomic mass is 9.69. The van der Waals surface area contributed by atoms with Gasteiger partial charge in [-0.25, -0.2) is 0 Å². The predicted molar refractivity (Wildman–Crippen MR) is 447 cm³/mol. The van der Waals surface area contributed by atoms with Gasteiger partial charge in [-0.15, -0.1) is 0 Å². The number of nitrogens with zero attached hydrogens (tertiary/aromatic N) is 5. The van der Waals surface area contributed by atoms with Gasteiger partial charge in [-0.3, -0.25) is 0 Å². The van der Waals surface area contributed by atoms with Crippen LogP contribution in [0, 0.1) is 0 Å². The Hall–Kier alpha value is -12.7. The quantitative estimate of drug-likeness (QED) is 0.159. The summed E-state index contributed by atoms with van der Waals surface area (Å²) in [5.74, 6) is 0.